The van der Waals surface area contributed by atoms with Crippen LogP contribution in [0.3, 0.4) is 0 Å². The van der Waals surface area contributed by atoms with Crippen LogP contribution in [0.5, 0.6) is 0 Å². The fraction of sp³-hybridized carbons (Fsp3) is 0.364. The molecule has 1 aromatic carbocycles. The summed E-state index contributed by atoms with van der Waals surface area (Å²) in [6.45, 7) is -0.0951. The van der Waals surface area contributed by atoms with Crippen molar-refractivity contribution in [2.75, 3.05) is 6.61 Å². The van der Waals surface area contributed by atoms with Gasteiger partial charge < -0.3 is 9.94 Å². The quantitative estimate of drug-likeness (QED) is 0.859. The van der Waals surface area contributed by atoms with E-state index in [4.69, 9.17) is 9.94 Å². The summed E-state index contributed by atoms with van der Waals surface area (Å²) in [5, 5.41) is 12.7. The van der Waals surface area contributed by atoms with E-state index in [1.807, 2.05) is 0 Å². The molecule has 0 amide bonds. The average Bonchev–Trinajstić information content (AvgIpc) is 2.77. The van der Waals surface area contributed by atoms with Crippen molar-refractivity contribution in [2.45, 2.75) is 19.0 Å². The molecule has 0 spiro atoms. The van der Waals surface area contributed by atoms with Crippen LogP contribution in [0.1, 0.15) is 24.0 Å². The summed E-state index contributed by atoms with van der Waals surface area (Å²) < 4.78 is 24.6. The van der Waals surface area contributed by atoms with Crippen LogP contribution in [0, 0.1) is 0 Å². The van der Waals surface area contributed by atoms with Crippen LogP contribution < -0.4 is 0 Å². The van der Waals surface area contributed by atoms with E-state index in [1.54, 1.807) is 12.1 Å². The van der Waals surface area contributed by atoms with Gasteiger partial charge in [-0.1, -0.05) is 29.4 Å². The third-order valence-corrected chi connectivity index (χ3v) is 2.43. The molecule has 5 heteroatoms. The largest absolute Gasteiger partial charge is 0.392 e. The standard InChI is InChI=1S/C11H11F2NO2/c12-11(13)8-3-1-7(2-4-8)10-5-9(6-15)16-14-10/h1-4,9,11,15H,5-6H2. The lowest BCUT2D eigenvalue weighted by Crippen LogP contribution is -2.12. The van der Waals surface area contributed by atoms with Crippen molar-refractivity contribution in [1.29, 1.82) is 0 Å². The van der Waals surface area contributed by atoms with E-state index in [-0.39, 0.29) is 18.3 Å². The molecule has 2 rings (SSSR count). The van der Waals surface area contributed by atoms with E-state index in [0.717, 1.165) is 5.56 Å². The van der Waals surface area contributed by atoms with Crippen LogP contribution in [0.2, 0.25) is 0 Å². The number of aliphatic hydroxyl groups excluding tert-OH is 1. The molecule has 0 fully saturated rings. The minimum absolute atomic E-state index is 0.0121. The van der Waals surface area contributed by atoms with Gasteiger partial charge in [0.25, 0.3) is 6.43 Å². The van der Waals surface area contributed by atoms with Crippen molar-refractivity contribution in [3.8, 4) is 0 Å². The van der Waals surface area contributed by atoms with Gasteiger partial charge in [-0.2, -0.15) is 0 Å². The van der Waals surface area contributed by atoms with Gasteiger partial charge in [0, 0.05) is 12.0 Å². The Hall–Kier alpha value is -1.49. The van der Waals surface area contributed by atoms with E-state index in [0.29, 0.717) is 12.1 Å². The minimum Gasteiger partial charge on any atom is -0.392 e. The molecule has 0 aliphatic carbocycles. The second-order valence-corrected chi connectivity index (χ2v) is 3.57. The fourth-order valence-corrected chi connectivity index (χ4v) is 1.52. The monoisotopic (exact) mass is 227 g/mol. The molecule has 3 nitrogen and oxygen atoms in total. The Morgan fingerprint density at radius 1 is 1.38 bits per heavy atom. The average molecular weight is 227 g/mol. The van der Waals surface area contributed by atoms with Gasteiger partial charge in [-0.3, -0.25) is 0 Å². The summed E-state index contributed by atoms with van der Waals surface area (Å²) in [7, 11) is 0. The lowest BCUT2D eigenvalue weighted by molar-refractivity contribution is 0.0390. The van der Waals surface area contributed by atoms with Crippen molar-refractivity contribution in [3.63, 3.8) is 0 Å². The molecular formula is C11H11F2NO2. The van der Waals surface area contributed by atoms with Crippen LogP contribution in [0.15, 0.2) is 29.4 Å². The van der Waals surface area contributed by atoms with E-state index >= 15 is 0 Å². The van der Waals surface area contributed by atoms with Crippen molar-refractivity contribution in [3.05, 3.63) is 35.4 Å². The van der Waals surface area contributed by atoms with E-state index < -0.39 is 6.43 Å². The predicted octanol–water partition coefficient (Wildman–Crippen LogP) is 2.11. The van der Waals surface area contributed by atoms with Gasteiger partial charge in [0.1, 0.15) is 0 Å². The van der Waals surface area contributed by atoms with Crippen molar-refractivity contribution >= 4 is 5.71 Å². The first kappa shape index (κ1) is 11.0. The van der Waals surface area contributed by atoms with E-state index in [2.05, 4.69) is 5.16 Å². The minimum atomic E-state index is -2.46. The molecule has 0 radical (unpaired) electrons. The van der Waals surface area contributed by atoms with E-state index in [1.165, 1.54) is 12.1 Å². The molecule has 86 valence electrons. The maximum absolute atomic E-state index is 12.3. The molecule has 1 aromatic rings. The number of rotatable bonds is 3. The Morgan fingerprint density at radius 3 is 2.56 bits per heavy atom. The molecule has 1 atom stereocenters. The second-order valence-electron chi connectivity index (χ2n) is 3.57. The summed E-state index contributed by atoms with van der Waals surface area (Å²) in [4.78, 5) is 4.94. The molecular weight excluding hydrogens is 216 g/mol. The van der Waals surface area contributed by atoms with Gasteiger partial charge in [-0.25, -0.2) is 8.78 Å². The number of hydrogen-bond acceptors (Lipinski definition) is 3. The molecule has 1 heterocycles. The zero-order valence-corrected chi connectivity index (χ0v) is 8.44. The lowest BCUT2D eigenvalue weighted by atomic mass is 10.0. The number of alkyl halides is 2. The highest BCUT2D eigenvalue weighted by Crippen LogP contribution is 2.21. The second kappa shape index (κ2) is 4.57. The first-order valence-electron chi connectivity index (χ1n) is 4.92. The molecule has 0 saturated carbocycles. The summed E-state index contributed by atoms with van der Waals surface area (Å²) in [5.74, 6) is 0. The van der Waals surface area contributed by atoms with Gasteiger partial charge in [0.15, 0.2) is 6.10 Å². The maximum atomic E-state index is 12.3. The molecule has 0 aromatic heterocycles. The molecule has 16 heavy (non-hydrogen) atoms. The van der Waals surface area contributed by atoms with Crippen LogP contribution in [-0.4, -0.2) is 23.5 Å². The highest BCUT2D eigenvalue weighted by molar-refractivity contribution is 6.01. The van der Waals surface area contributed by atoms with Crippen LogP contribution in [0.4, 0.5) is 8.78 Å². The zero-order chi connectivity index (χ0) is 11.5. The van der Waals surface area contributed by atoms with Crippen LogP contribution in [-0.2, 0) is 4.84 Å². The van der Waals surface area contributed by atoms with Crippen LogP contribution in [0.25, 0.3) is 0 Å². The van der Waals surface area contributed by atoms with Gasteiger partial charge in [0.2, 0.25) is 0 Å². The Bertz CT molecular complexity index is 389. The summed E-state index contributed by atoms with van der Waals surface area (Å²) in [6.07, 6.45) is -2.27. The Morgan fingerprint density at radius 2 is 2.06 bits per heavy atom. The third kappa shape index (κ3) is 2.19. The van der Waals surface area contributed by atoms with Gasteiger partial charge >= 0.3 is 0 Å². The number of oxime groups is 1. The first-order valence-corrected chi connectivity index (χ1v) is 4.92. The van der Waals surface area contributed by atoms with Gasteiger partial charge in [-0.05, 0) is 5.56 Å². The normalized spacial score (nSPS) is 19.8. The van der Waals surface area contributed by atoms with Gasteiger partial charge in [-0.15, -0.1) is 0 Å². The van der Waals surface area contributed by atoms with Gasteiger partial charge in [0.05, 0.1) is 12.3 Å². The number of nitrogens with zero attached hydrogens (tertiary/aromatic N) is 1. The summed E-state index contributed by atoms with van der Waals surface area (Å²) >= 11 is 0. The summed E-state index contributed by atoms with van der Waals surface area (Å²) in [5.41, 5.74) is 1.42. The number of halogens is 2. The zero-order valence-electron chi connectivity index (χ0n) is 8.44. The van der Waals surface area contributed by atoms with Crippen LogP contribution >= 0.6 is 0 Å². The lowest BCUT2D eigenvalue weighted by Gasteiger charge is -2.03. The number of benzene rings is 1. The topological polar surface area (TPSA) is 41.8 Å². The predicted molar refractivity (Wildman–Crippen MR) is 54.5 cm³/mol. The summed E-state index contributed by atoms with van der Waals surface area (Å²) in [6, 6.07) is 5.91. The fourth-order valence-electron chi connectivity index (χ4n) is 1.52. The molecule has 1 aliphatic heterocycles. The molecule has 1 N–H and O–H groups in total. The molecule has 0 bridgehead atoms. The highest BCUT2D eigenvalue weighted by Gasteiger charge is 2.21. The molecule has 0 saturated heterocycles. The van der Waals surface area contributed by atoms with Crippen molar-refractivity contribution in [2.24, 2.45) is 5.16 Å². The first-order chi connectivity index (χ1) is 7.70. The maximum Gasteiger partial charge on any atom is 0.263 e. The third-order valence-electron chi connectivity index (χ3n) is 2.43. The molecule has 1 unspecified atom stereocenters. The Kier molecular flexibility index (Phi) is 3.14. The Balaban J connectivity index is 2.11. The highest BCUT2D eigenvalue weighted by atomic mass is 19.3. The van der Waals surface area contributed by atoms with E-state index in [9.17, 15) is 8.78 Å². The van der Waals surface area contributed by atoms with Crippen molar-refractivity contribution in [1.82, 2.24) is 0 Å². The smallest absolute Gasteiger partial charge is 0.263 e. The van der Waals surface area contributed by atoms with Crippen molar-refractivity contribution < 1.29 is 18.7 Å². The SMILES string of the molecule is OCC1CC(c2ccc(C(F)F)cc2)=NO1. The molecule has 1 aliphatic rings. The number of hydrogen-bond donors (Lipinski definition) is 1. The number of aliphatic hydroxyl groups is 1. The Labute approximate surface area is 91.3 Å².